The van der Waals surface area contributed by atoms with Crippen LogP contribution in [0.2, 0.25) is 0 Å². The molecule has 90 valence electrons. The van der Waals surface area contributed by atoms with E-state index in [1.165, 1.54) is 19.3 Å². The average Bonchev–Trinajstić information content (AvgIpc) is 2.49. The maximum absolute atomic E-state index is 9.27. The van der Waals surface area contributed by atoms with Crippen LogP contribution in [0.25, 0.3) is 0 Å². The predicted molar refractivity (Wildman–Crippen MR) is 58.8 cm³/mol. The van der Waals surface area contributed by atoms with Gasteiger partial charge in [0.2, 0.25) is 0 Å². The van der Waals surface area contributed by atoms with E-state index in [1.54, 1.807) is 0 Å². The summed E-state index contributed by atoms with van der Waals surface area (Å²) in [5, 5.41) is 17.8. The summed E-state index contributed by atoms with van der Waals surface area (Å²) < 4.78 is 5.25. The third kappa shape index (κ3) is 4.93. The number of ether oxygens (including phenoxy) is 1. The van der Waals surface area contributed by atoms with Crippen LogP contribution in [0.1, 0.15) is 25.7 Å². The van der Waals surface area contributed by atoms with Crippen LogP contribution in [-0.4, -0.2) is 60.7 Å². The highest BCUT2D eigenvalue weighted by Gasteiger charge is 2.19. The van der Waals surface area contributed by atoms with Crippen LogP contribution in [0.5, 0.6) is 0 Å². The summed E-state index contributed by atoms with van der Waals surface area (Å²) in [6, 6.07) is 0.310. The Hall–Kier alpha value is -0.160. The van der Waals surface area contributed by atoms with Gasteiger partial charge in [-0.1, -0.05) is 12.8 Å². The maximum Gasteiger partial charge on any atom is 0.0698 e. The third-order valence-electron chi connectivity index (χ3n) is 2.97. The van der Waals surface area contributed by atoms with Gasteiger partial charge in [-0.15, -0.1) is 0 Å². The Morgan fingerprint density at radius 1 is 1.13 bits per heavy atom. The van der Waals surface area contributed by atoms with E-state index in [1.807, 2.05) is 0 Å². The molecule has 1 heterocycles. The number of nitrogens with zero attached hydrogens (tertiary/aromatic N) is 1. The highest BCUT2D eigenvalue weighted by molar-refractivity contribution is 4.74. The van der Waals surface area contributed by atoms with Gasteiger partial charge in [-0.05, 0) is 19.4 Å². The Morgan fingerprint density at radius 2 is 2.00 bits per heavy atom. The molecule has 15 heavy (non-hydrogen) atoms. The average molecular weight is 217 g/mol. The van der Waals surface area contributed by atoms with Gasteiger partial charge in [-0.3, -0.25) is 4.90 Å². The molecule has 1 unspecified atom stereocenters. The lowest BCUT2D eigenvalue weighted by Crippen LogP contribution is -2.39. The van der Waals surface area contributed by atoms with E-state index in [0.717, 1.165) is 19.5 Å². The molecule has 1 aliphatic rings. The van der Waals surface area contributed by atoms with Gasteiger partial charge in [0, 0.05) is 12.6 Å². The molecule has 0 saturated carbocycles. The van der Waals surface area contributed by atoms with Gasteiger partial charge >= 0.3 is 0 Å². The smallest absolute Gasteiger partial charge is 0.0698 e. The third-order valence-corrected chi connectivity index (χ3v) is 2.97. The van der Waals surface area contributed by atoms with Crippen molar-refractivity contribution in [3.05, 3.63) is 0 Å². The molecule has 0 radical (unpaired) electrons. The minimum absolute atomic E-state index is 0.0867. The van der Waals surface area contributed by atoms with Crippen molar-refractivity contribution in [1.82, 2.24) is 4.90 Å². The largest absolute Gasteiger partial charge is 0.395 e. The summed E-state index contributed by atoms with van der Waals surface area (Å²) in [5.41, 5.74) is 0. The van der Waals surface area contributed by atoms with E-state index in [9.17, 15) is 5.11 Å². The first-order chi connectivity index (χ1) is 7.38. The standard InChI is InChI=1S/C11H23NO3/c13-7-9-15-8-6-12-5-3-1-2-4-11(12)10-14/h11,13-14H,1-10H2. The van der Waals surface area contributed by atoms with Crippen molar-refractivity contribution in [3.8, 4) is 0 Å². The molecular formula is C11H23NO3. The van der Waals surface area contributed by atoms with Gasteiger partial charge in [0.1, 0.15) is 0 Å². The zero-order valence-electron chi connectivity index (χ0n) is 9.40. The number of hydrogen-bond acceptors (Lipinski definition) is 4. The van der Waals surface area contributed by atoms with E-state index in [-0.39, 0.29) is 13.2 Å². The molecule has 1 rings (SSSR count). The van der Waals surface area contributed by atoms with Crippen LogP contribution >= 0.6 is 0 Å². The van der Waals surface area contributed by atoms with Crippen molar-refractivity contribution in [2.75, 3.05) is 39.5 Å². The van der Waals surface area contributed by atoms with Crippen molar-refractivity contribution in [2.24, 2.45) is 0 Å². The summed E-state index contributed by atoms with van der Waals surface area (Å²) in [6.45, 7) is 3.33. The molecule has 0 aromatic carbocycles. The fourth-order valence-corrected chi connectivity index (χ4v) is 2.09. The van der Waals surface area contributed by atoms with Crippen molar-refractivity contribution >= 4 is 0 Å². The molecule has 4 heteroatoms. The van der Waals surface area contributed by atoms with E-state index in [2.05, 4.69) is 4.90 Å². The number of aliphatic hydroxyl groups is 2. The van der Waals surface area contributed by atoms with Crippen molar-refractivity contribution in [2.45, 2.75) is 31.7 Å². The highest BCUT2D eigenvalue weighted by atomic mass is 16.5. The zero-order valence-corrected chi connectivity index (χ0v) is 9.40. The number of likely N-dealkylation sites (tertiary alicyclic amines) is 1. The highest BCUT2D eigenvalue weighted by Crippen LogP contribution is 2.15. The van der Waals surface area contributed by atoms with Crippen molar-refractivity contribution in [3.63, 3.8) is 0 Å². The molecule has 0 amide bonds. The predicted octanol–water partition coefficient (Wildman–Crippen LogP) is 0.232. The SMILES string of the molecule is OCCOCCN1CCCCCC1CO. The van der Waals surface area contributed by atoms with Gasteiger partial charge in [-0.25, -0.2) is 0 Å². The van der Waals surface area contributed by atoms with Gasteiger partial charge in [0.05, 0.1) is 26.4 Å². The van der Waals surface area contributed by atoms with Gasteiger partial charge in [-0.2, -0.15) is 0 Å². The molecule has 0 aromatic heterocycles. The topological polar surface area (TPSA) is 52.9 Å². The quantitative estimate of drug-likeness (QED) is 0.625. The van der Waals surface area contributed by atoms with Crippen molar-refractivity contribution < 1.29 is 14.9 Å². The van der Waals surface area contributed by atoms with Crippen LogP contribution in [0.4, 0.5) is 0 Å². The zero-order chi connectivity index (χ0) is 10.9. The summed E-state index contributed by atoms with van der Waals surface area (Å²) in [5.74, 6) is 0. The van der Waals surface area contributed by atoms with E-state index < -0.39 is 0 Å². The molecule has 0 spiro atoms. The second kappa shape index (κ2) is 8.05. The number of aliphatic hydroxyl groups excluding tert-OH is 2. The monoisotopic (exact) mass is 217 g/mol. The lowest BCUT2D eigenvalue weighted by atomic mass is 10.1. The molecular weight excluding hydrogens is 194 g/mol. The van der Waals surface area contributed by atoms with Crippen LogP contribution in [0, 0.1) is 0 Å². The fourth-order valence-electron chi connectivity index (χ4n) is 2.09. The minimum atomic E-state index is 0.0867. The first kappa shape index (κ1) is 12.9. The summed E-state index contributed by atoms with van der Waals surface area (Å²) in [4.78, 5) is 2.31. The second-order valence-electron chi connectivity index (χ2n) is 4.06. The second-order valence-corrected chi connectivity index (χ2v) is 4.06. The fraction of sp³-hybridized carbons (Fsp3) is 1.00. The van der Waals surface area contributed by atoms with Crippen molar-refractivity contribution in [1.29, 1.82) is 0 Å². The van der Waals surface area contributed by atoms with Crippen LogP contribution in [0.15, 0.2) is 0 Å². The summed E-state index contributed by atoms with van der Waals surface area (Å²) >= 11 is 0. The Labute approximate surface area is 91.8 Å². The molecule has 0 aromatic rings. The molecule has 1 atom stereocenters. The lowest BCUT2D eigenvalue weighted by molar-refractivity contribution is 0.0521. The lowest BCUT2D eigenvalue weighted by Gasteiger charge is -2.28. The summed E-state index contributed by atoms with van der Waals surface area (Å²) in [6.07, 6.45) is 4.80. The molecule has 2 N–H and O–H groups in total. The normalized spacial score (nSPS) is 24.0. The molecule has 1 fully saturated rings. The Kier molecular flexibility index (Phi) is 6.92. The molecule has 1 saturated heterocycles. The summed E-state index contributed by atoms with van der Waals surface area (Å²) in [7, 11) is 0. The van der Waals surface area contributed by atoms with Crippen LogP contribution in [0.3, 0.4) is 0 Å². The molecule has 0 bridgehead atoms. The first-order valence-electron chi connectivity index (χ1n) is 5.92. The van der Waals surface area contributed by atoms with Gasteiger partial charge in [0.15, 0.2) is 0 Å². The maximum atomic E-state index is 9.27. The van der Waals surface area contributed by atoms with Crippen LogP contribution in [-0.2, 0) is 4.74 Å². The van der Waals surface area contributed by atoms with E-state index in [4.69, 9.17) is 9.84 Å². The minimum Gasteiger partial charge on any atom is -0.395 e. The van der Waals surface area contributed by atoms with Gasteiger partial charge < -0.3 is 14.9 Å². The molecule has 1 aliphatic heterocycles. The van der Waals surface area contributed by atoms with E-state index in [0.29, 0.717) is 19.3 Å². The number of rotatable bonds is 6. The first-order valence-corrected chi connectivity index (χ1v) is 5.92. The van der Waals surface area contributed by atoms with Gasteiger partial charge in [0.25, 0.3) is 0 Å². The molecule has 4 nitrogen and oxygen atoms in total. The molecule has 0 aliphatic carbocycles. The van der Waals surface area contributed by atoms with E-state index >= 15 is 0 Å². The Balaban J connectivity index is 2.22. The Bertz CT molecular complexity index is 155. The Morgan fingerprint density at radius 3 is 2.73 bits per heavy atom. The number of hydrogen-bond donors (Lipinski definition) is 2. The van der Waals surface area contributed by atoms with Crippen LogP contribution < -0.4 is 0 Å².